The van der Waals surface area contributed by atoms with E-state index in [9.17, 15) is 14.7 Å². The second-order valence-corrected chi connectivity index (χ2v) is 7.56. The van der Waals surface area contributed by atoms with Crippen LogP contribution in [0.1, 0.15) is 20.9 Å². The van der Waals surface area contributed by atoms with Gasteiger partial charge >= 0.3 is 5.97 Å². The maximum absolute atomic E-state index is 12.7. The molecule has 0 spiro atoms. The molecule has 0 aliphatic carbocycles. The third-order valence-corrected chi connectivity index (χ3v) is 5.69. The van der Waals surface area contributed by atoms with E-state index in [4.69, 9.17) is 15.4 Å². The van der Waals surface area contributed by atoms with Crippen LogP contribution in [-0.2, 0) is 0 Å². The van der Waals surface area contributed by atoms with Crippen molar-refractivity contribution in [3.63, 3.8) is 0 Å². The first kappa shape index (κ1) is 18.7. The van der Waals surface area contributed by atoms with Crippen LogP contribution in [0.3, 0.4) is 0 Å². The van der Waals surface area contributed by atoms with Gasteiger partial charge in [0, 0.05) is 21.7 Å². The number of carbonyl (C=O) groups is 2. The standard InChI is InChI=1S/C23H12N2O5S/c1-24-15-7-4-6-13-10-17(30-20(13)15)14-11-31-22(19(14)23(27)28)25-21(26)18-9-12-5-2-3-8-16(12)29-18/h2-11H,(H,25,26)(H,27,28). The monoisotopic (exact) mass is 428 g/mol. The van der Waals surface area contributed by atoms with Gasteiger partial charge in [-0.3, -0.25) is 4.79 Å². The van der Waals surface area contributed by atoms with Gasteiger partial charge in [0.2, 0.25) is 5.69 Å². The molecule has 0 radical (unpaired) electrons. The number of rotatable bonds is 4. The van der Waals surface area contributed by atoms with E-state index in [-0.39, 0.29) is 16.3 Å². The van der Waals surface area contributed by atoms with Crippen molar-refractivity contribution in [3.8, 4) is 11.3 Å². The largest absolute Gasteiger partial charge is 0.478 e. The molecule has 150 valence electrons. The number of thiophene rings is 1. The maximum atomic E-state index is 12.7. The molecule has 2 N–H and O–H groups in total. The van der Waals surface area contributed by atoms with E-state index in [1.54, 1.807) is 47.8 Å². The van der Waals surface area contributed by atoms with Gasteiger partial charge in [-0.25, -0.2) is 9.64 Å². The molecule has 0 saturated heterocycles. The number of anilines is 1. The summed E-state index contributed by atoms with van der Waals surface area (Å²) in [4.78, 5) is 28.1. The Kier molecular flexibility index (Phi) is 4.31. The van der Waals surface area contributed by atoms with Crippen LogP contribution in [-0.4, -0.2) is 17.0 Å². The van der Waals surface area contributed by atoms with Crippen molar-refractivity contribution >= 4 is 55.8 Å². The van der Waals surface area contributed by atoms with Gasteiger partial charge in [-0.15, -0.1) is 11.3 Å². The van der Waals surface area contributed by atoms with Crippen LogP contribution >= 0.6 is 11.3 Å². The molecule has 0 unspecified atom stereocenters. The Morgan fingerprint density at radius 2 is 1.84 bits per heavy atom. The average Bonchev–Trinajstić information content (AvgIpc) is 3.48. The Balaban J connectivity index is 1.53. The Morgan fingerprint density at radius 1 is 1.03 bits per heavy atom. The molecular weight excluding hydrogens is 416 g/mol. The van der Waals surface area contributed by atoms with Gasteiger partial charge in [0.15, 0.2) is 5.76 Å². The molecule has 8 heteroatoms. The first-order chi connectivity index (χ1) is 15.0. The number of carbonyl (C=O) groups excluding carboxylic acids is 1. The van der Waals surface area contributed by atoms with E-state index in [0.29, 0.717) is 33.6 Å². The van der Waals surface area contributed by atoms with Crippen LogP contribution < -0.4 is 5.32 Å². The summed E-state index contributed by atoms with van der Waals surface area (Å²) in [6.07, 6.45) is 0. The summed E-state index contributed by atoms with van der Waals surface area (Å²) in [5.74, 6) is -1.36. The molecule has 3 aromatic heterocycles. The summed E-state index contributed by atoms with van der Waals surface area (Å²) in [5.41, 5.74) is 1.54. The van der Waals surface area contributed by atoms with E-state index in [1.807, 2.05) is 12.1 Å². The van der Waals surface area contributed by atoms with Crippen LogP contribution in [0, 0.1) is 6.57 Å². The number of aromatic carboxylic acids is 1. The molecule has 0 aliphatic rings. The molecule has 0 bridgehead atoms. The highest BCUT2D eigenvalue weighted by Gasteiger charge is 2.25. The predicted octanol–water partition coefficient (Wildman–Crippen LogP) is 6.41. The minimum atomic E-state index is -1.21. The number of nitrogens with one attached hydrogen (secondary N) is 1. The number of para-hydroxylation sites is 2. The van der Waals surface area contributed by atoms with Gasteiger partial charge in [0.05, 0.1) is 6.57 Å². The summed E-state index contributed by atoms with van der Waals surface area (Å²) in [7, 11) is 0. The van der Waals surface area contributed by atoms with Gasteiger partial charge in [-0.1, -0.05) is 36.4 Å². The van der Waals surface area contributed by atoms with Gasteiger partial charge < -0.3 is 19.3 Å². The Labute approximate surface area is 179 Å². The zero-order valence-electron chi connectivity index (χ0n) is 15.7. The van der Waals surface area contributed by atoms with Crippen LogP contribution in [0.15, 0.2) is 68.8 Å². The third kappa shape index (κ3) is 3.13. The zero-order chi connectivity index (χ0) is 21.5. The molecule has 0 aliphatic heterocycles. The van der Waals surface area contributed by atoms with Crippen molar-refractivity contribution in [2.24, 2.45) is 0 Å². The molecule has 0 saturated carbocycles. The number of fused-ring (bicyclic) bond motifs is 2. The summed E-state index contributed by atoms with van der Waals surface area (Å²) >= 11 is 1.07. The molecule has 5 aromatic rings. The molecule has 5 rings (SSSR count). The number of furan rings is 2. The fourth-order valence-corrected chi connectivity index (χ4v) is 4.31. The second kappa shape index (κ2) is 7.16. The predicted molar refractivity (Wildman–Crippen MR) is 117 cm³/mol. The van der Waals surface area contributed by atoms with E-state index in [1.165, 1.54) is 0 Å². The van der Waals surface area contributed by atoms with E-state index in [0.717, 1.165) is 16.7 Å². The van der Waals surface area contributed by atoms with E-state index in [2.05, 4.69) is 10.2 Å². The van der Waals surface area contributed by atoms with Gasteiger partial charge in [-0.2, -0.15) is 0 Å². The molecule has 7 nitrogen and oxygen atoms in total. The summed E-state index contributed by atoms with van der Waals surface area (Å²) in [5, 5.41) is 15.7. The van der Waals surface area contributed by atoms with Crippen molar-refractivity contribution < 1.29 is 23.5 Å². The average molecular weight is 428 g/mol. The number of hydrogen-bond donors (Lipinski definition) is 2. The number of carboxylic acid groups (broad SMARTS) is 1. The van der Waals surface area contributed by atoms with Crippen LogP contribution in [0.5, 0.6) is 0 Å². The highest BCUT2D eigenvalue weighted by atomic mass is 32.1. The van der Waals surface area contributed by atoms with E-state index < -0.39 is 11.9 Å². The van der Waals surface area contributed by atoms with Gasteiger partial charge in [0.1, 0.15) is 27.5 Å². The lowest BCUT2D eigenvalue weighted by Gasteiger charge is -2.03. The molecule has 2 aromatic carbocycles. The van der Waals surface area contributed by atoms with Gasteiger partial charge in [-0.05, 0) is 18.2 Å². The highest BCUT2D eigenvalue weighted by molar-refractivity contribution is 7.15. The number of carboxylic acids is 1. The maximum Gasteiger partial charge on any atom is 0.339 e. The summed E-state index contributed by atoms with van der Waals surface area (Å²) in [6, 6.07) is 15.6. The van der Waals surface area contributed by atoms with E-state index >= 15 is 0 Å². The van der Waals surface area contributed by atoms with Crippen molar-refractivity contribution in [2.75, 3.05) is 5.32 Å². The van der Waals surface area contributed by atoms with Crippen LogP contribution in [0.2, 0.25) is 0 Å². The SMILES string of the molecule is [C-]#[N+]c1cccc2cc(-c3csc(NC(=O)c4cc5ccccc5o4)c3C(=O)O)oc12. The first-order valence-corrected chi connectivity index (χ1v) is 9.98. The number of amides is 1. The fraction of sp³-hybridized carbons (Fsp3) is 0. The fourth-order valence-electron chi connectivity index (χ4n) is 3.37. The quantitative estimate of drug-likeness (QED) is 0.322. The van der Waals surface area contributed by atoms with Crippen molar-refractivity contribution in [2.45, 2.75) is 0 Å². The summed E-state index contributed by atoms with van der Waals surface area (Å²) < 4.78 is 11.4. The van der Waals surface area contributed by atoms with Crippen LogP contribution in [0.4, 0.5) is 10.7 Å². The minimum absolute atomic E-state index is 0.0814. The number of hydrogen-bond acceptors (Lipinski definition) is 5. The van der Waals surface area contributed by atoms with Gasteiger partial charge in [0.25, 0.3) is 5.91 Å². The molecular formula is C23H12N2O5S. The molecule has 0 fully saturated rings. The second-order valence-electron chi connectivity index (χ2n) is 6.68. The number of nitrogens with zero attached hydrogens (tertiary/aromatic N) is 1. The lowest BCUT2D eigenvalue weighted by molar-refractivity contribution is 0.0699. The van der Waals surface area contributed by atoms with Crippen molar-refractivity contribution in [1.29, 1.82) is 0 Å². The Bertz CT molecular complexity index is 1500. The first-order valence-electron chi connectivity index (χ1n) is 9.10. The summed E-state index contributed by atoms with van der Waals surface area (Å²) in [6.45, 7) is 7.27. The third-order valence-electron chi connectivity index (χ3n) is 4.79. The lowest BCUT2D eigenvalue weighted by Crippen LogP contribution is -2.12. The molecule has 0 atom stereocenters. The minimum Gasteiger partial charge on any atom is -0.478 e. The molecule has 1 amide bonds. The highest BCUT2D eigenvalue weighted by Crippen LogP contribution is 2.40. The normalized spacial score (nSPS) is 10.9. The lowest BCUT2D eigenvalue weighted by atomic mass is 10.1. The molecule has 31 heavy (non-hydrogen) atoms. The topological polar surface area (TPSA) is 97.0 Å². The molecule has 3 heterocycles. The van der Waals surface area contributed by atoms with Crippen molar-refractivity contribution in [1.82, 2.24) is 0 Å². The number of benzene rings is 2. The Morgan fingerprint density at radius 3 is 2.61 bits per heavy atom. The zero-order valence-corrected chi connectivity index (χ0v) is 16.5. The Hall–Kier alpha value is -4.35. The van der Waals surface area contributed by atoms with Crippen LogP contribution in [0.25, 0.3) is 38.1 Å². The van der Waals surface area contributed by atoms with Crippen molar-refractivity contribution in [3.05, 3.63) is 82.7 Å². The smallest absolute Gasteiger partial charge is 0.339 e.